The topological polar surface area (TPSA) is 74.8 Å². The van der Waals surface area contributed by atoms with Crippen molar-refractivity contribution in [3.8, 4) is 0 Å². The van der Waals surface area contributed by atoms with Crippen LogP contribution in [0.3, 0.4) is 0 Å². The summed E-state index contributed by atoms with van der Waals surface area (Å²) in [6.07, 6.45) is 1.51. The largest absolute Gasteiger partial charge is 0.375 e. The van der Waals surface area contributed by atoms with Crippen molar-refractivity contribution in [3.63, 3.8) is 0 Å². The zero-order chi connectivity index (χ0) is 14.8. The van der Waals surface area contributed by atoms with Crippen molar-refractivity contribution in [3.05, 3.63) is 35.9 Å². The Bertz CT molecular complexity index is 450. The van der Waals surface area contributed by atoms with Crippen LogP contribution in [0.1, 0.15) is 12.0 Å². The SMILES string of the molecule is O=CNC(CCNC1=NCCN1)COCc1ccccc1. The van der Waals surface area contributed by atoms with Crippen LogP contribution in [0.25, 0.3) is 0 Å². The van der Waals surface area contributed by atoms with Gasteiger partial charge in [0.15, 0.2) is 5.96 Å². The quantitative estimate of drug-likeness (QED) is 0.570. The lowest BCUT2D eigenvalue weighted by atomic mass is 10.2. The summed E-state index contributed by atoms with van der Waals surface area (Å²) < 4.78 is 5.66. The van der Waals surface area contributed by atoms with Gasteiger partial charge in [-0.2, -0.15) is 0 Å². The fourth-order valence-electron chi connectivity index (χ4n) is 2.09. The number of benzene rings is 1. The average molecular weight is 290 g/mol. The molecule has 6 heteroatoms. The minimum Gasteiger partial charge on any atom is -0.375 e. The number of carbonyl (C=O) groups excluding carboxylic acids is 1. The first-order chi connectivity index (χ1) is 10.4. The van der Waals surface area contributed by atoms with Crippen LogP contribution in [-0.2, 0) is 16.1 Å². The maximum absolute atomic E-state index is 10.6. The molecule has 0 saturated heterocycles. The standard InChI is InChI=1S/C15H22N4O2/c20-12-19-14(6-7-16-15-17-8-9-18-15)11-21-10-13-4-2-1-3-5-13/h1-5,12,14H,6-11H2,(H,19,20)(H2,16,17,18). The number of hydrogen-bond acceptors (Lipinski definition) is 5. The Morgan fingerprint density at radius 3 is 2.95 bits per heavy atom. The molecule has 0 saturated carbocycles. The number of nitrogens with one attached hydrogen (secondary N) is 3. The summed E-state index contributed by atoms with van der Waals surface area (Å²) in [5.74, 6) is 0.838. The van der Waals surface area contributed by atoms with E-state index in [1.165, 1.54) is 0 Å². The summed E-state index contributed by atoms with van der Waals surface area (Å²) in [4.78, 5) is 14.9. The smallest absolute Gasteiger partial charge is 0.207 e. The van der Waals surface area contributed by atoms with Gasteiger partial charge in [0.1, 0.15) is 0 Å². The van der Waals surface area contributed by atoms with E-state index in [4.69, 9.17) is 4.74 Å². The lowest BCUT2D eigenvalue weighted by Crippen LogP contribution is -2.39. The van der Waals surface area contributed by atoms with Crippen LogP contribution in [0.4, 0.5) is 0 Å². The molecule has 0 bridgehead atoms. The molecule has 0 spiro atoms. The third-order valence-electron chi connectivity index (χ3n) is 3.19. The maximum atomic E-state index is 10.6. The zero-order valence-electron chi connectivity index (χ0n) is 12.0. The van der Waals surface area contributed by atoms with Gasteiger partial charge in [0.25, 0.3) is 0 Å². The summed E-state index contributed by atoms with van der Waals surface area (Å²) in [6.45, 7) is 3.50. The van der Waals surface area contributed by atoms with E-state index in [1.807, 2.05) is 30.3 Å². The van der Waals surface area contributed by atoms with Crippen LogP contribution in [0.2, 0.25) is 0 Å². The van der Waals surface area contributed by atoms with Gasteiger partial charge < -0.3 is 20.7 Å². The van der Waals surface area contributed by atoms with Gasteiger partial charge in [-0.25, -0.2) is 0 Å². The Morgan fingerprint density at radius 2 is 2.24 bits per heavy atom. The van der Waals surface area contributed by atoms with E-state index < -0.39 is 0 Å². The molecule has 1 aliphatic heterocycles. The van der Waals surface area contributed by atoms with Crippen LogP contribution in [0.15, 0.2) is 35.3 Å². The number of ether oxygens (including phenoxy) is 1. The summed E-state index contributed by atoms with van der Waals surface area (Å²) in [7, 11) is 0. The molecule has 21 heavy (non-hydrogen) atoms. The fraction of sp³-hybridized carbons (Fsp3) is 0.467. The second kappa shape index (κ2) is 8.97. The first-order valence-electron chi connectivity index (χ1n) is 7.22. The van der Waals surface area contributed by atoms with E-state index in [2.05, 4.69) is 20.9 Å². The zero-order valence-corrected chi connectivity index (χ0v) is 12.0. The second-order valence-corrected chi connectivity index (χ2v) is 4.85. The van der Waals surface area contributed by atoms with Crippen LogP contribution >= 0.6 is 0 Å². The monoisotopic (exact) mass is 290 g/mol. The lowest BCUT2D eigenvalue weighted by Gasteiger charge is -2.17. The Morgan fingerprint density at radius 1 is 1.38 bits per heavy atom. The predicted molar refractivity (Wildman–Crippen MR) is 82.0 cm³/mol. The molecular weight excluding hydrogens is 268 g/mol. The molecule has 1 aliphatic rings. The minimum atomic E-state index is 0.000662. The van der Waals surface area contributed by atoms with Crippen molar-refractivity contribution >= 4 is 12.4 Å². The number of aliphatic imine (C=N–C) groups is 1. The van der Waals surface area contributed by atoms with E-state index in [0.717, 1.165) is 44.0 Å². The molecule has 1 amide bonds. The maximum Gasteiger partial charge on any atom is 0.207 e. The molecule has 0 aliphatic carbocycles. The van der Waals surface area contributed by atoms with E-state index in [9.17, 15) is 4.79 Å². The van der Waals surface area contributed by atoms with Gasteiger partial charge in [-0.05, 0) is 12.0 Å². The Labute approximate surface area is 125 Å². The number of hydrogen-bond donors (Lipinski definition) is 3. The highest BCUT2D eigenvalue weighted by atomic mass is 16.5. The molecule has 1 aromatic rings. The molecule has 1 atom stereocenters. The van der Waals surface area contributed by atoms with Crippen LogP contribution in [0.5, 0.6) is 0 Å². The van der Waals surface area contributed by atoms with Crippen molar-refractivity contribution in [2.75, 3.05) is 26.2 Å². The van der Waals surface area contributed by atoms with Gasteiger partial charge in [0.05, 0.1) is 25.8 Å². The lowest BCUT2D eigenvalue weighted by molar-refractivity contribution is -0.110. The predicted octanol–water partition coefficient (Wildman–Crippen LogP) is 0.257. The van der Waals surface area contributed by atoms with Gasteiger partial charge >= 0.3 is 0 Å². The first kappa shape index (κ1) is 15.3. The molecule has 3 N–H and O–H groups in total. The van der Waals surface area contributed by atoms with Crippen LogP contribution in [-0.4, -0.2) is 44.7 Å². The van der Waals surface area contributed by atoms with Crippen molar-refractivity contribution < 1.29 is 9.53 Å². The summed E-state index contributed by atoms with van der Waals surface area (Å²) in [6, 6.07) is 9.99. The Balaban J connectivity index is 1.64. The minimum absolute atomic E-state index is 0.000662. The average Bonchev–Trinajstić information content (AvgIpc) is 3.02. The summed E-state index contributed by atoms with van der Waals surface area (Å²) in [5.41, 5.74) is 1.13. The molecule has 1 aromatic carbocycles. The Hall–Kier alpha value is -2.08. The molecule has 114 valence electrons. The molecular formula is C15H22N4O2. The molecule has 0 aromatic heterocycles. The van der Waals surface area contributed by atoms with E-state index in [1.54, 1.807) is 0 Å². The van der Waals surface area contributed by atoms with E-state index >= 15 is 0 Å². The van der Waals surface area contributed by atoms with Gasteiger partial charge in [-0.15, -0.1) is 0 Å². The number of nitrogens with zero attached hydrogens (tertiary/aromatic N) is 1. The third-order valence-corrected chi connectivity index (χ3v) is 3.19. The number of rotatable bonds is 9. The second-order valence-electron chi connectivity index (χ2n) is 4.85. The molecule has 2 rings (SSSR count). The van der Waals surface area contributed by atoms with Crippen molar-refractivity contribution in [1.82, 2.24) is 16.0 Å². The van der Waals surface area contributed by atoms with Gasteiger partial charge in [0, 0.05) is 13.1 Å². The highest BCUT2D eigenvalue weighted by Gasteiger charge is 2.09. The molecule has 6 nitrogen and oxygen atoms in total. The van der Waals surface area contributed by atoms with Gasteiger partial charge in [-0.1, -0.05) is 30.3 Å². The normalized spacial score (nSPS) is 15.0. The molecule has 1 heterocycles. The van der Waals surface area contributed by atoms with Crippen LogP contribution in [0, 0.1) is 0 Å². The third kappa shape index (κ3) is 5.83. The number of amides is 1. The Kier molecular flexibility index (Phi) is 6.54. The van der Waals surface area contributed by atoms with Crippen molar-refractivity contribution in [1.29, 1.82) is 0 Å². The fourth-order valence-corrected chi connectivity index (χ4v) is 2.09. The summed E-state index contributed by atoms with van der Waals surface area (Å²) >= 11 is 0. The van der Waals surface area contributed by atoms with Gasteiger partial charge in [0.2, 0.25) is 6.41 Å². The van der Waals surface area contributed by atoms with Crippen LogP contribution < -0.4 is 16.0 Å². The molecule has 0 radical (unpaired) electrons. The molecule has 1 unspecified atom stereocenters. The highest BCUT2D eigenvalue weighted by molar-refractivity contribution is 5.81. The van der Waals surface area contributed by atoms with Gasteiger partial charge in [-0.3, -0.25) is 9.79 Å². The highest BCUT2D eigenvalue weighted by Crippen LogP contribution is 2.02. The van der Waals surface area contributed by atoms with E-state index in [0.29, 0.717) is 13.2 Å². The summed E-state index contributed by atoms with van der Waals surface area (Å²) in [5, 5.41) is 9.14. The van der Waals surface area contributed by atoms with E-state index in [-0.39, 0.29) is 6.04 Å². The van der Waals surface area contributed by atoms with Crippen molar-refractivity contribution in [2.24, 2.45) is 4.99 Å². The first-order valence-corrected chi connectivity index (χ1v) is 7.22. The number of guanidine groups is 1. The number of carbonyl (C=O) groups is 1. The molecule has 0 fully saturated rings. The van der Waals surface area contributed by atoms with Crippen molar-refractivity contribution in [2.45, 2.75) is 19.1 Å².